The van der Waals surface area contributed by atoms with Crippen LogP contribution < -0.4 is 15.3 Å². The van der Waals surface area contributed by atoms with Crippen molar-refractivity contribution in [2.45, 2.75) is 40.3 Å². The topological polar surface area (TPSA) is 122 Å². The van der Waals surface area contributed by atoms with E-state index >= 15 is 0 Å². The Morgan fingerprint density at radius 3 is 2.35 bits per heavy atom. The van der Waals surface area contributed by atoms with Gasteiger partial charge in [0.25, 0.3) is 5.91 Å². The van der Waals surface area contributed by atoms with E-state index in [4.69, 9.17) is 14.2 Å². The lowest BCUT2D eigenvalue weighted by molar-refractivity contribution is -0.754. The summed E-state index contributed by atoms with van der Waals surface area (Å²) in [7, 11) is 0. The van der Waals surface area contributed by atoms with E-state index in [1.807, 2.05) is 6.20 Å². The number of rotatable bonds is 16. The number of nitrogens with one attached hydrogen (secondary N) is 3. The number of amides is 3. The molecule has 0 aromatic carbocycles. The van der Waals surface area contributed by atoms with Crippen LogP contribution in [0.1, 0.15) is 32.9 Å². The monoisotopic (exact) mass is 479 g/mol. The van der Waals surface area contributed by atoms with Gasteiger partial charge in [-0.1, -0.05) is 32.6 Å². The van der Waals surface area contributed by atoms with E-state index < -0.39 is 0 Å². The van der Waals surface area contributed by atoms with Gasteiger partial charge in [-0.15, -0.1) is 0 Å². The molecular weight excluding hydrogens is 440 g/mol. The molecule has 190 valence electrons. The van der Waals surface area contributed by atoms with Crippen molar-refractivity contribution >= 4 is 11.9 Å². The largest absolute Gasteiger partial charge is 0.377 e. The summed E-state index contributed by atoms with van der Waals surface area (Å²) in [5.74, 6) is -0.0839. The highest BCUT2D eigenvalue weighted by molar-refractivity contribution is 5.92. The first-order valence-electron chi connectivity index (χ1n) is 11.6. The highest BCUT2D eigenvalue weighted by atomic mass is 16.5. The molecule has 0 fully saturated rings. The van der Waals surface area contributed by atoms with Crippen LogP contribution in [-0.4, -0.2) is 79.9 Å². The Hall–Kier alpha value is -2.76. The summed E-state index contributed by atoms with van der Waals surface area (Å²) in [6, 6.07) is -0.171. The van der Waals surface area contributed by atoms with E-state index in [-0.39, 0.29) is 17.4 Å². The lowest BCUT2D eigenvalue weighted by Gasteiger charge is -2.18. The van der Waals surface area contributed by atoms with E-state index in [0.29, 0.717) is 71.5 Å². The van der Waals surface area contributed by atoms with Gasteiger partial charge in [0.15, 0.2) is 6.20 Å². The first kappa shape index (κ1) is 27.5. The maximum absolute atomic E-state index is 11.7. The average Bonchev–Trinajstić information content (AvgIpc) is 3.35. The molecule has 3 amide bonds. The number of carbonyl (C=O) groups excluding carboxylic acids is 2. The average molecular weight is 480 g/mol. The minimum Gasteiger partial charge on any atom is -0.377 e. The van der Waals surface area contributed by atoms with Crippen LogP contribution in [-0.2, 0) is 32.1 Å². The van der Waals surface area contributed by atoms with Gasteiger partial charge in [-0.25, -0.2) is 4.79 Å². The molecule has 0 unspecified atom stereocenters. The molecule has 1 aromatic heterocycles. The summed E-state index contributed by atoms with van der Waals surface area (Å²) in [4.78, 5) is 24.9. The normalized spacial score (nSPS) is 13.7. The zero-order valence-corrected chi connectivity index (χ0v) is 20.6. The molecule has 0 aliphatic carbocycles. The number of nitrogens with zero attached hydrogens (tertiary/aromatic N) is 3. The van der Waals surface area contributed by atoms with Crippen LogP contribution in [0.4, 0.5) is 4.79 Å². The molecule has 0 radical (unpaired) electrons. The van der Waals surface area contributed by atoms with E-state index in [9.17, 15) is 9.59 Å². The SMILES string of the molecule is C=C1C=CC(=O)N1Cc1c[n+](CCOCCOCCOCCNC(=O)NCCC(C)(C)C)[nH]n1. The number of aromatic nitrogens is 3. The van der Waals surface area contributed by atoms with Gasteiger partial charge in [0.05, 0.1) is 46.2 Å². The molecule has 2 heterocycles. The number of hydrogen-bond donors (Lipinski definition) is 3. The molecule has 0 bridgehead atoms. The molecular formula is C23H39N6O5+. The second-order valence-corrected chi connectivity index (χ2v) is 9.11. The Labute approximate surface area is 201 Å². The number of urea groups is 1. The first-order chi connectivity index (χ1) is 16.2. The number of hydrogen-bond acceptors (Lipinski definition) is 6. The van der Waals surface area contributed by atoms with E-state index in [1.165, 1.54) is 6.08 Å². The number of ether oxygens (including phenoxy) is 3. The van der Waals surface area contributed by atoms with E-state index in [1.54, 1.807) is 15.7 Å². The Balaban J connectivity index is 1.38. The number of allylic oxidation sites excluding steroid dienone is 1. The van der Waals surface area contributed by atoms with Crippen molar-refractivity contribution in [2.75, 3.05) is 52.7 Å². The molecule has 1 aliphatic rings. The van der Waals surface area contributed by atoms with Gasteiger partial charge in [0.2, 0.25) is 5.69 Å². The molecule has 1 aliphatic heterocycles. The summed E-state index contributed by atoms with van der Waals surface area (Å²) < 4.78 is 18.3. The molecule has 0 spiro atoms. The van der Waals surface area contributed by atoms with Crippen LogP contribution >= 0.6 is 0 Å². The standard InChI is InChI=1S/C23H38N6O5/c1-19-5-6-21(30)29(19)18-20-17-28(27-26-20)10-12-33-14-16-34-15-13-32-11-9-25-22(31)24-8-7-23(2,3)4/h5-6,17H,1,7-16,18H2,2-4H3,(H2,24,25,31)/p+1. The van der Waals surface area contributed by atoms with Crippen LogP contribution in [0.25, 0.3) is 0 Å². The predicted octanol–water partition coefficient (Wildman–Crippen LogP) is 0.895. The summed E-state index contributed by atoms with van der Waals surface area (Å²) in [5.41, 5.74) is 1.62. The van der Waals surface area contributed by atoms with Crippen LogP contribution in [0.2, 0.25) is 0 Å². The highest BCUT2D eigenvalue weighted by Gasteiger charge is 2.22. The number of H-pyrrole nitrogens is 1. The quantitative estimate of drug-likeness (QED) is 0.239. The second-order valence-electron chi connectivity index (χ2n) is 9.11. The van der Waals surface area contributed by atoms with Crippen molar-refractivity contribution in [1.82, 2.24) is 25.8 Å². The maximum Gasteiger partial charge on any atom is 0.314 e. The predicted molar refractivity (Wildman–Crippen MR) is 126 cm³/mol. The third kappa shape index (κ3) is 11.4. The summed E-state index contributed by atoms with van der Waals surface area (Å²) in [6.45, 7) is 15.2. The smallest absolute Gasteiger partial charge is 0.314 e. The van der Waals surface area contributed by atoms with Gasteiger partial charge in [-0.2, -0.15) is 4.68 Å². The Morgan fingerprint density at radius 2 is 1.71 bits per heavy atom. The summed E-state index contributed by atoms with van der Waals surface area (Å²) in [6.07, 6.45) is 5.97. The van der Waals surface area contributed by atoms with Crippen molar-refractivity contribution in [3.8, 4) is 0 Å². The zero-order chi connectivity index (χ0) is 24.8. The van der Waals surface area contributed by atoms with E-state index in [0.717, 1.165) is 12.1 Å². The van der Waals surface area contributed by atoms with Crippen molar-refractivity contribution in [3.05, 3.63) is 36.3 Å². The molecule has 0 saturated carbocycles. The minimum absolute atomic E-state index is 0.0839. The molecule has 0 atom stereocenters. The van der Waals surface area contributed by atoms with E-state index in [2.05, 4.69) is 48.3 Å². The zero-order valence-electron chi connectivity index (χ0n) is 20.6. The Bertz CT molecular complexity index is 799. The third-order valence-corrected chi connectivity index (χ3v) is 4.89. The second kappa shape index (κ2) is 14.5. The van der Waals surface area contributed by atoms with Gasteiger partial charge < -0.3 is 29.7 Å². The van der Waals surface area contributed by atoms with Gasteiger partial charge in [-0.3, -0.25) is 4.79 Å². The van der Waals surface area contributed by atoms with Crippen LogP contribution in [0.15, 0.2) is 30.6 Å². The van der Waals surface area contributed by atoms with Gasteiger partial charge in [0.1, 0.15) is 6.54 Å². The molecule has 0 saturated heterocycles. The van der Waals surface area contributed by atoms with Crippen molar-refractivity contribution in [3.63, 3.8) is 0 Å². The fourth-order valence-electron chi connectivity index (χ4n) is 2.94. The molecule has 2 rings (SSSR count). The lowest BCUT2D eigenvalue weighted by Crippen LogP contribution is -2.38. The van der Waals surface area contributed by atoms with Crippen LogP contribution in [0, 0.1) is 5.41 Å². The molecule has 1 aromatic rings. The highest BCUT2D eigenvalue weighted by Crippen LogP contribution is 2.17. The Kier molecular flexibility index (Phi) is 11.7. The summed E-state index contributed by atoms with van der Waals surface area (Å²) in [5, 5.41) is 12.7. The van der Waals surface area contributed by atoms with Gasteiger partial charge in [-0.05, 0) is 17.9 Å². The van der Waals surface area contributed by atoms with Crippen molar-refractivity contribution in [2.24, 2.45) is 5.41 Å². The van der Waals surface area contributed by atoms with Crippen LogP contribution in [0.3, 0.4) is 0 Å². The fraction of sp³-hybridized carbons (Fsp3) is 0.652. The van der Waals surface area contributed by atoms with Gasteiger partial charge in [0, 0.05) is 30.0 Å². The molecule has 3 N–H and O–H groups in total. The Morgan fingerprint density at radius 1 is 1.06 bits per heavy atom. The number of carbonyl (C=O) groups is 2. The minimum atomic E-state index is -0.171. The maximum atomic E-state index is 11.7. The van der Waals surface area contributed by atoms with Gasteiger partial charge >= 0.3 is 6.03 Å². The summed E-state index contributed by atoms with van der Waals surface area (Å²) >= 11 is 0. The van der Waals surface area contributed by atoms with Crippen molar-refractivity contribution in [1.29, 1.82) is 0 Å². The molecule has 34 heavy (non-hydrogen) atoms. The molecule has 11 heteroatoms. The first-order valence-corrected chi connectivity index (χ1v) is 11.6. The fourth-order valence-corrected chi connectivity index (χ4v) is 2.94. The number of aromatic amines is 1. The lowest BCUT2D eigenvalue weighted by atomic mass is 9.92. The third-order valence-electron chi connectivity index (χ3n) is 4.89. The van der Waals surface area contributed by atoms with Crippen LogP contribution in [0.5, 0.6) is 0 Å². The molecule has 11 nitrogen and oxygen atoms in total. The van der Waals surface area contributed by atoms with Crippen molar-refractivity contribution < 1.29 is 28.5 Å².